The van der Waals surface area contributed by atoms with E-state index in [9.17, 15) is 9.59 Å². The molecule has 7 nitrogen and oxygen atoms in total. The normalized spacial score (nSPS) is 13.0. The van der Waals surface area contributed by atoms with E-state index < -0.39 is 0 Å². The maximum Gasteiger partial charge on any atom is 0.332 e. The number of aryl methyl sites for hydroxylation is 2. The highest BCUT2D eigenvalue weighted by molar-refractivity contribution is 5.76. The molecule has 0 fully saturated rings. The van der Waals surface area contributed by atoms with E-state index in [1.54, 1.807) is 7.05 Å². The van der Waals surface area contributed by atoms with Crippen LogP contribution in [0.25, 0.3) is 16.9 Å². The molecule has 0 radical (unpaired) electrons. The molecule has 3 heterocycles. The van der Waals surface area contributed by atoms with Crippen LogP contribution in [0.3, 0.4) is 0 Å². The second-order valence-corrected chi connectivity index (χ2v) is 6.75. The lowest BCUT2D eigenvalue weighted by Gasteiger charge is -2.16. The molecular formula is C19H21N5O2. The Morgan fingerprint density at radius 3 is 2.27 bits per heavy atom. The van der Waals surface area contributed by atoms with Crippen molar-refractivity contribution < 1.29 is 0 Å². The van der Waals surface area contributed by atoms with Gasteiger partial charge in [0.05, 0.1) is 6.04 Å². The number of imidazole rings is 2. The maximum atomic E-state index is 12.8. The van der Waals surface area contributed by atoms with E-state index in [1.165, 1.54) is 11.6 Å². The molecule has 1 atom stereocenters. The van der Waals surface area contributed by atoms with Crippen LogP contribution in [0.15, 0.2) is 39.9 Å². The van der Waals surface area contributed by atoms with Crippen LogP contribution in [0.5, 0.6) is 0 Å². The molecule has 0 amide bonds. The van der Waals surface area contributed by atoms with Gasteiger partial charge in [-0.05, 0) is 26.3 Å². The zero-order chi connectivity index (χ0) is 18.7. The van der Waals surface area contributed by atoms with Crippen molar-refractivity contribution in [3.05, 3.63) is 68.1 Å². The summed E-state index contributed by atoms with van der Waals surface area (Å²) in [7, 11) is 3.14. The molecular weight excluding hydrogens is 330 g/mol. The Bertz CT molecular complexity index is 1270. The molecule has 4 aromatic rings. The van der Waals surface area contributed by atoms with E-state index in [0.29, 0.717) is 16.9 Å². The molecule has 0 saturated carbocycles. The third-order valence-electron chi connectivity index (χ3n) is 5.35. The number of hydrogen-bond acceptors (Lipinski definition) is 3. The highest BCUT2D eigenvalue weighted by atomic mass is 16.2. The molecule has 4 rings (SSSR count). The number of fused-ring (bicyclic) bond motifs is 3. The van der Waals surface area contributed by atoms with Gasteiger partial charge in [0.25, 0.3) is 5.56 Å². The van der Waals surface area contributed by atoms with Crippen LogP contribution in [0.2, 0.25) is 0 Å². The fourth-order valence-corrected chi connectivity index (χ4v) is 3.69. The van der Waals surface area contributed by atoms with Gasteiger partial charge in [-0.3, -0.25) is 18.3 Å². The minimum absolute atomic E-state index is 0.0464. The van der Waals surface area contributed by atoms with Gasteiger partial charge < -0.3 is 4.57 Å². The molecule has 0 aliphatic rings. The summed E-state index contributed by atoms with van der Waals surface area (Å²) in [5.41, 5.74) is 3.28. The Balaban J connectivity index is 2.16. The Morgan fingerprint density at radius 2 is 1.62 bits per heavy atom. The predicted octanol–water partition coefficient (Wildman–Crippen LogP) is 1.91. The smallest absolute Gasteiger partial charge is 0.307 e. The predicted molar refractivity (Wildman–Crippen MR) is 101 cm³/mol. The maximum absolute atomic E-state index is 12.8. The summed E-state index contributed by atoms with van der Waals surface area (Å²) in [5, 5.41) is 0. The summed E-state index contributed by atoms with van der Waals surface area (Å²) in [6.07, 6.45) is 0. The van der Waals surface area contributed by atoms with Crippen LogP contribution in [-0.4, -0.2) is 23.1 Å². The lowest BCUT2D eigenvalue weighted by Crippen LogP contribution is -2.37. The second kappa shape index (κ2) is 5.45. The first-order valence-electron chi connectivity index (χ1n) is 8.55. The van der Waals surface area contributed by atoms with Crippen molar-refractivity contribution in [2.24, 2.45) is 14.1 Å². The van der Waals surface area contributed by atoms with Crippen LogP contribution in [0.4, 0.5) is 0 Å². The van der Waals surface area contributed by atoms with Gasteiger partial charge in [0, 0.05) is 25.5 Å². The summed E-state index contributed by atoms with van der Waals surface area (Å²) < 4.78 is 6.54. The van der Waals surface area contributed by atoms with Crippen LogP contribution in [0, 0.1) is 13.8 Å². The summed E-state index contributed by atoms with van der Waals surface area (Å²) in [5.74, 6) is 0.671. The van der Waals surface area contributed by atoms with Crippen LogP contribution < -0.4 is 11.2 Å². The average Bonchev–Trinajstić information content (AvgIpc) is 3.14. The average molecular weight is 351 g/mol. The fraction of sp³-hybridized carbons (Fsp3) is 0.316. The highest BCUT2D eigenvalue weighted by Gasteiger charge is 2.24. The molecule has 7 heteroatoms. The van der Waals surface area contributed by atoms with Crippen molar-refractivity contribution in [3.63, 3.8) is 0 Å². The first-order chi connectivity index (χ1) is 12.3. The van der Waals surface area contributed by atoms with Crippen molar-refractivity contribution in [2.45, 2.75) is 26.8 Å². The monoisotopic (exact) mass is 351 g/mol. The first-order valence-corrected chi connectivity index (χ1v) is 8.55. The van der Waals surface area contributed by atoms with Crippen LogP contribution in [-0.2, 0) is 14.1 Å². The van der Waals surface area contributed by atoms with Crippen molar-refractivity contribution in [1.29, 1.82) is 0 Å². The molecule has 0 saturated heterocycles. The van der Waals surface area contributed by atoms with Gasteiger partial charge in [-0.15, -0.1) is 0 Å². The van der Waals surface area contributed by atoms with Crippen molar-refractivity contribution >= 4 is 16.9 Å². The topological polar surface area (TPSA) is 66.2 Å². The molecule has 0 aliphatic carbocycles. The number of rotatable bonds is 2. The summed E-state index contributed by atoms with van der Waals surface area (Å²) in [6, 6.07) is 10.2. The minimum atomic E-state index is -0.375. The van der Waals surface area contributed by atoms with Gasteiger partial charge in [-0.2, -0.15) is 4.98 Å². The largest absolute Gasteiger partial charge is 0.332 e. The second-order valence-electron chi connectivity index (χ2n) is 6.75. The SMILES string of the molecule is Cc1c(C)n2c3c(=O)n(C)c(=O)n(C)c3nc2n1[C@@H](C)c1ccccc1. The Hall–Kier alpha value is -3.09. The standard InChI is InChI=1S/C19H21N5O2/c1-11-12(2)24-15-16(21(4)19(26)22(5)17(15)25)20-18(24)23(11)13(3)14-9-7-6-8-10-14/h6-10,13H,1-5H3/t13-/m0/s1. The van der Waals surface area contributed by atoms with Gasteiger partial charge in [0.15, 0.2) is 11.2 Å². The molecule has 134 valence electrons. The van der Waals surface area contributed by atoms with Gasteiger partial charge in [0.1, 0.15) is 0 Å². The van der Waals surface area contributed by atoms with Crippen LogP contribution in [0.1, 0.15) is 29.9 Å². The molecule has 0 unspecified atom stereocenters. The van der Waals surface area contributed by atoms with E-state index >= 15 is 0 Å². The summed E-state index contributed by atoms with van der Waals surface area (Å²) in [6.45, 7) is 6.11. The number of hydrogen-bond donors (Lipinski definition) is 0. The van der Waals surface area contributed by atoms with Crippen molar-refractivity contribution in [2.75, 3.05) is 0 Å². The Labute approximate surface area is 149 Å². The van der Waals surface area contributed by atoms with E-state index in [1.807, 2.05) is 36.4 Å². The zero-order valence-electron chi connectivity index (χ0n) is 15.5. The van der Waals surface area contributed by atoms with Gasteiger partial charge in [-0.25, -0.2) is 4.79 Å². The Morgan fingerprint density at radius 1 is 0.962 bits per heavy atom. The van der Waals surface area contributed by atoms with E-state index in [-0.39, 0.29) is 17.3 Å². The van der Waals surface area contributed by atoms with E-state index in [4.69, 9.17) is 0 Å². The molecule has 0 spiro atoms. The summed E-state index contributed by atoms with van der Waals surface area (Å²) >= 11 is 0. The Kier molecular flexibility index (Phi) is 3.44. The molecule has 0 aliphatic heterocycles. The molecule has 0 bridgehead atoms. The third kappa shape index (κ3) is 1.97. The van der Waals surface area contributed by atoms with Gasteiger partial charge in [-0.1, -0.05) is 30.3 Å². The zero-order valence-corrected chi connectivity index (χ0v) is 15.5. The van der Waals surface area contributed by atoms with E-state index in [0.717, 1.165) is 21.5 Å². The number of aromatic nitrogens is 5. The highest BCUT2D eigenvalue weighted by Crippen LogP contribution is 2.27. The van der Waals surface area contributed by atoms with Gasteiger partial charge >= 0.3 is 5.69 Å². The van der Waals surface area contributed by atoms with Crippen LogP contribution >= 0.6 is 0 Å². The molecule has 1 aromatic carbocycles. The minimum Gasteiger partial charge on any atom is -0.307 e. The fourth-order valence-electron chi connectivity index (χ4n) is 3.69. The molecule has 3 aromatic heterocycles. The lowest BCUT2D eigenvalue weighted by molar-refractivity contribution is 0.637. The lowest BCUT2D eigenvalue weighted by atomic mass is 10.1. The first kappa shape index (κ1) is 16.4. The number of benzene rings is 1. The quantitative estimate of drug-likeness (QED) is 0.554. The van der Waals surface area contributed by atoms with Crippen molar-refractivity contribution in [1.82, 2.24) is 23.1 Å². The van der Waals surface area contributed by atoms with Gasteiger partial charge in [0.2, 0.25) is 5.78 Å². The van der Waals surface area contributed by atoms with E-state index in [2.05, 4.69) is 28.6 Å². The van der Waals surface area contributed by atoms with Crippen molar-refractivity contribution in [3.8, 4) is 0 Å². The molecule has 0 N–H and O–H groups in total. The molecule has 26 heavy (non-hydrogen) atoms. The summed E-state index contributed by atoms with van der Waals surface area (Å²) in [4.78, 5) is 29.7. The third-order valence-corrected chi connectivity index (χ3v) is 5.35. The number of nitrogens with zero attached hydrogens (tertiary/aromatic N) is 5.